The second kappa shape index (κ2) is 12.6. The summed E-state index contributed by atoms with van der Waals surface area (Å²) in [5.41, 5.74) is 1.64. The van der Waals surface area contributed by atoms with Crippen LogP contribution in [0.5, 0.6) is 0 Å². The summed E-state index contributed by atoms with van der Waals surface area (Å²) in [6.45, 7) is 11.8. The summed E-state index contributed by atoms with van der Waals surface area (Å²) in [5.74, 6) is -0.685. The molecule has 0 bridgehead atoms. The molecule has 230 valence electrons. The molecule has 0 aliphatic carbocycles. The van der Waals surface area contributed by atoms with Gasteiger partial charge in [0.2, 0.25) is 5.91 Å². The largest absolute Gasteiger partial charge is 0.374 e. The van der Waals surface area contributed by atoms with Crippen molar-refractivity contribution >= 4 is 46.0 Å². The molecule has 2 aliphatic rings. The first-order valence-corrected chi connectivity index (χ1v) is 15.6. The highest BCUT2D eigenvalue weighted by atomic mass is 35.5. The number of aryl methyl sites for hydroxylation is 1. The lowest BCUT2D eigenvalue weighted by molar-refractivity contribution is -0.130. The average molecular weight is 632 g/mol. The molecule has 1 saturated heterocycles. The first-order chi connectivity index (χ1) is 20.4. The lowest BCUT2D eigenvalue weighted by atomic mass is 9.97. The number of hydrogen-bond acceptors (Lipinski definition) is 7. The lowest BCUT2D eigenvalue weighted by Gasteiger charge is -2.44. The quantitative estimate of drug-likeness (QED) is 0.270. The first kappa shape index (κ1) is 31.4. The van der Waals surface area contributed by atoms with E-state index in [1.165, 1.54) is 23.9 Å². The van der Waals surface area contributed by atoms with Gasteiger partial charge in [-0.3, -0.25) is 9.36 Å². The molecule has 8 nitrogen and oxygen atoms in total. The van der Waals surface area contributed by atoms with Gasteiger partial charge in [0.05, 0.1) is 29.8 Å². The molecule has 3 atom stereocenters. The zero-order chi connectivity index (χ0) is 31.2. The van der Waals surface area contributed by atoms with Crippen molar-refractivity contribution in [3.05, 3.63) is 63.6 Å². The van der Waals surface area contributed by atoms with Crippen LogP contribution in [0.4, 0.5) is 14.6 Å². The van der Waals surface area contributed by atoms with Gasteiger partial charge in [0, 0.05) is 64.9 Å². The van der Waals surface area contributed by atoms with Gasteiger partial charge in [0.15, 0.2) is 0 Å². The third-order valence-corrected chi connectivity index (χ3v) is 9.53. The zero-order valence-electron chi connectivity index (χ0n) is 25.0. The van der Waals surface area contributed by atoms with Crippen LogP contribution in [-0.2, 0) is 16.1 Å². The summed E-state index contributed by atoms with van der Waals surface area (Å²) in [6, 6.07) is 3.71. The van der Waals surface area contributed by atoms with Crippen molar-refractivity contribution in [2.24, 2.45) is 0 Å². The maximum absolute atomic E-state index is 15.4. The normalized spacial score (nSPS) is 20.5. The summed E-state index contributed by atoms with van der Waals surface area (Å²) >= 11 is 7.61. The van der Waals surface area contributed by atoms with Gasteiger partial charge in [0.1, 0.15) is 17.5 Å². The van der Waals surface area contributed by atoms with E-state index in [0.29, 0.717) is 47.2 Å². The first-order valence-electron chi connectivity index (χ1n) is 14.2. The molecule has 3 aromatic rings. The number of nitrogens with zero attached hydrogens (tertiary/aromatic N) is 5. The standard InChI is InChI=1S/C31H36ClF2N5O3S/c1-7-26(40)39-18(3)13-37(14-19(39)4)30-22-10-17(2)27(21-11-23(32)25(34)12-24(21)33)29-28(22)38(31(41)35-30)15-20(16-43-29)42-9-8-36(5)6/h7,10-12,18-20H,1,8-9,13-16H2,2-6H3/t18-,19+,20?. The van der Waals surface area contributed by atoms with Crippen molar-refractivity contribution in [2.75, 3.05) is 51.0 Å². The molecule has 43 heavy (non-hydrogen) atoms. The zero-order valence-corrected chi connectivity index (χ0v) is 26.6. The number of piperazine rings is 1. The van der Waals surface area contributed by atoms with Gasteiger partial charge < -0.3 is 19.4 Å². The fourth-order valence-corrected chi connectivity index (χ4v) is 7.58. The van der Waals surface area contributed by atoms with E-state index in [-0.39, 0.29) is 41.2 Å². The third kappa shape index (κ3) is 6.05. The number of thioether (sulfide) groups is 1. The molecular formula is C31H36ClF2N5O3S. The SMILES string of the molecule is C=CC(=O)N1[C@H](C)CN(c2nc(=O)n3c4c(c(-c5cc(Cl)c(F)cc5F)c(C)cc24)SCC(OCCN(C)C)C3)C[C@@H]1C. The minimum absolute atomic E-state index is 0.141. The number of carbonyl (C=O) groups excluding carboxylic acids is 1. The highest BCUT2D eigenvalue weighted by molar-refractivity contribution is 7.99. The third-order valence-electron chi connectivity index (χ3n) is 8.01. The van der Waals surface area contributed by atoms with E-state index in [1.807, 2.05) is 50.7 Å². The molecule has 2 aliphatic heterocycles. The Hall–Kier alpha value is -2.99. The molecule has 0 spiro atoms. The van der Waals surface area contributed by atoms with Crippen LogP contribution in [0, 0.1) is 18.6 Å². The van der Waals surface area contributed by atoms with E-state index in [1.54, 1.807) is 9.47 Å². The number of likely N-dealkylation sites (N-methyl/N-ethyl adjacent to an activating group) is 1. The van der Waals surface area contributed by atoms with Gasteiger partial charge in [-0.1, -0.05) is 18.2 Å². The molecule has 3 heterocycles. The maximum atomic E-state index is 15.4. The molecule has 1 aromatic heterocycles. The van der Waals surface area contributed by atoms with Gasteiger partial charge in [0.25, 0.3) is 0 Å². The average Bonchev–Trinajstić information content (AvgIpc) is 3.13. The molecule has 0 radical (unpaired) electrons. The van der Waals surface area contributed by atoms with Gasteiger partial charge in [-0.25, -0.2) is 13.6 Å². The topological polar surface area (TPSA) is 70.9 Å². The van der Waals surface area contributed by atoms with Crippen LogP contribution < -0.4 is 10.6 Å². The van der Waals surface area contributed by atoms with Crippen LogP contribution >= 0.6 is 23.4 Å². The Morgan fingerprint density at radius 3 is 2.53 bits per heavy atom. The van der Waals surface area contributed by atoms with E-state index in [9.17, 15) is 14.0 Å². The number of ether oxygens (including phenoxy) is 1. The number of benzene rings is 2. The fourth-order valence-electron chi connectivity index (χ4n) is 6.09. The Labute approximate surface area is 259 Å². The highest BCUT2D eigenvalue weighted by Crippen LogP contribution is 2.45. The summed E-state index contributed by atoms with van der Waals surface area (Å²) < 4.78 is 37.3. The van der Waals surface area contributed by atoms with Crippen molar-refractivity contribution in [2.45, 2.75) is 50.4 Å². The molecule has 1 fully saturated rings. The number of carbonyl (C=O) groups is 1. The van der Waals surface area contributed by atoms with Crippen LogP contribution in [0.15, 0.2) is 40.5 Å². The summed E-state index contributed by atoms with van der Waals surface area (Å²) in [5, 5.41) is 0.558. The lowest BCUT2D eigenvalue weighted by Crippen LogP contribution is -2.58. The van der Waals surface area contributed by atoms with Gasteiger partial charge in [-0.15, -0.1) is 11.8 Å². The fraction of sp³-hybridized carbons (Fsp3) is 0.452. The predicted octanol–water partition coefficient (Wildman–Crippen LogP) is 4.97. The second-order valence-corrected chi connectivity index (χ2v) is 13.0. The Morgan fingerprint density at radius 1 is 1.19 bits per heavy atom. The molecule has 5 rings (SSSR count). The number of hydrogen-bond donors (Lipinski definition) is 0. The van der Waals surface area contributed by atoms with E-state index >= 15 is 4.39 Å². The minimum Gasteiger partial charge on any atom is -0.374 e. The van der Waals surface area contributed by atoms with Crippen molar-refractivity contribution in [3.63, 3.8) is 0 Å². The highest BCUT2D eigenvalue weighted by Gasteiger charge is 2.35. The predicted molar refractivity (Wildman–Crippen MR) is 168 cm³/mol. The van der Waals surface area contributed by atoms with Crippen LogP contribution in [0.1, 0.15) is 19.4 Å². The number of anilines is 1. The Kier molecular flexibility index (Phi) is 9.18. The summed E-state index contributed by atoms with van der Waals surface area (Å²) in [4.78, 5) is 37.5. The summed E-state index contributed by atoms with van der Waals surface area (Å²) in [7, 11) is 3.92. The van der Waals surface area contributed by atoms with Crippen LogP contribution in [0.2, 0.25) is 5.02 Å². The van der Waals surface area contributed by atoms with E-state index in [2.05, 4.69) is 11.6 Å². The van der Waals surface area contributed by atoms with E-state index in [0.717, 1.165) is 23.6 Å². The van der Waals surface area contributed by atoms with E-state index < -0.39 is 17.3 Å². The molecule has 1 unspecified atom stereocenters. The molecule has 1 amide bonds. The van der Waals surface area contributed by atoms with Crippen LogP contribution in [-0.4, -0.2) is 89.5 Å². The molecule has 2 aromatic carbocycles. The number of halogens is 3. The van der Waals surface area contributed by atoms with Gasteiger partial charge in [-0.05, 0) is 58.6 Å². The number of aromatic nitrogens is 2. The van der Waals surface area contributed by atoms with Gasteiger partial charge >= 0.3 is 5.69 Å². The van der Waals surface area contributed by atoms with Crippen molar-refractivity contribution < 1.29 is 18.3 Å². The van der Waals surface area contributed by atoms with Crippen molar-refractivity contribution in [3.8, 4) is 11.1 Å². The second-order valence-electron chi connectivity index (χ2n) is 11.5. The van der Waals surface area contributed by atoms with Gasteiger partial charge in [-0.2, -0.15) is 4.98 Å². The summed E-state index contributed by atoms with van der Waals surface area (Å²) in [6.07, 6.45) is 1.02. The number of amides is 1. The molecule has 0 saturated carbocycles. The van der Waals surface area contributed by atoms with E-state index in [4.69, 9.17) is 16.3 Å². The smallest absolute Gasteiger partial charge is 0.350 e. The minimum atomic E-state index is -0.838. The monoisotopic (exact) mass is 631 g/mol. The molecule has 12 heteroatoms. The van der Waals surface area contributed by atoms with Crippen LogP contribution in [0.3, 0.4) is 0 Å². The molecular weight excluding hydrogens is 596 g/mol. The Bertz CT molecular complexity index is 1640. The Balaban J connectivity index is 1.70. The van der Waals surface area contributed by atoms with Crippen molar-refractivity contribution in [1.82, 2.24) is 19.4 Å². The number of rotatable bonds is 7. The molecule has 0 N–H and O–H groups in total. The Morgan fingerprint density at radius 2 is 1.88 bits per heavy atom. The maximum Gasteiger partial charge on any atom is 0.350 e. The van der Waals surface area contributed by atoms with Crippen molar-refractivity contribution in [1.29, 1.82) is 0 Å². The van der Waals surface area contributed by atoms with Crippen LogP contribution in [0.25, 0.3) is 22.0 Å².